The van der Waals surface area contributed by atoms with Gasteiger partial charge in [0.25, 0.3) is 0 Å². The zero-order valence-electron chi connectivity index (χ0n) is 11.9. The molecule has 1 saturated heterocycles. The standard InChI is InChI=1S/C13H14FNO6S/c1-20-11-4-3-8(13(17)21-2)5-10(11)15-7-9(6-12(15)16)22(14,18)19/h3-5,9H,6-7H2,1-2H3. The van der Waals surface area contributed by atoms with Gasteiger partial charge in [-0.25, -0.2) is 4.79 Å². The van der Waals surface area contributed by atoms with Crippen molar-refractivity contribution in [3.63, 3.8) is 0 Å². The van der Waals surface area contributed by atoms with Crippen molar-refractivity contribution in [2.24, 2.45) is 0 Å². The van der Waals surface area contributed by atoms with Crippen molar-refractivity contribution in [1.29, 1.82) is 0 Å². The molecule has 1 atom stereocenters. The van der Waals surface area contributed by atoms with Crippen molar-refractivity contribution >= 4 is 27.8 Å². The van der Waals surface area contributed by atoms with E-state index < -0.39 is 33.8 Å². The molecule has 0 aliphatic carbocycles. The fraction of sp³-hybridized carbons (Fsp3) is 0.385. The summed E-state index contributed by atoms with van der Waals surface area (Å²) in [4.78, 5) is 24.6. The monoisotopic (exact) mass is 331 g/mol. The Labute approximate surface area is 126 Å². The predicted octanol–water partition coefficient (Wildman–Crippen LogP) is 0.886. The first-order valence-corrected chi connectivity index (χ1v) is 7.72. The Kier molecular flexibility index (Phi) is 4.36. The number of benzene rings is 1. The minimum atomic E-state index is -4.82. The molecular formula is C13H14FNO6S. The van der Waals surface area contributed by atoms with Gasteiger partial charge in [-0.05, 0) is 18.2 Å². The molecule has 1 aliphatic rings. The predicted molar refractivity (Wildman–Crippen MR) is 75.1 cm³/mol. The molecule has 1 fully saturated rings. The average molecular weight is 331 g/mol. The lowest BCUT2D eigenvalue weighted by Gasteiger charge is -2.19. The zero-order valence-corrected chi connectivity index (χ0v) is 12.7. The largest absolute Gasteiger partial charge is 0.495 e. The Hall–Kier alpha value is -2.16. The molecule has 1 aliphatic heterocycles. The van der Waals surface area contributed by atoms with Crippen molar-refractivity contribution in [3.8, 4) is 5.75 Å². The minimum Gasteiger partial charge on any atom is -0.495 e. The van der Waals surface area contributed by atoms with Gasteiger partial charge in [0.2, 0.25) is 5.91 Å². The Morgan fingerprint density at radius 1 is 1.36 bits per heavy atom. The number of esters is 1. The van der Waals surface area contributed by atoms with Crippen LogP contribution in [0.2, 0.25) is 0 Å². The van der Waals surface area contributed by atoms with E-state index in [1.54, 1.807) is 0 Å². The van der Waals surface area contributed by atoms with Crippen molar-refractivity contribution in [3.05, 3.63) is 23.8 Å². The number of nitrogens with zero attached hydrogens (tertiary/aromatic N) is 1. The molecule has 0 aromatic heterocycles. The molecular weight excluding hydrogens is 317 g/mol. The first-order chi connectivity index (χ1) is 10.3. The van der Waals surface area contributed by atoms with Crippen LogP contribution in [-0.4, -0.2) is 46.3 Å². The van der Waals surface area contributed by atoms with Crippen molar-refractivity contribution < 1.29 is 31.4 Å². The number of carbonyl (C=O) groups is 2. The van der Waals surface area contributed by atoms with Gasteiger partial charge in [0.15, 0.2) is 0 Å². The number of methoxy groups -OCH3 is 2. The van der Waals surface area contributed by atoms with E-state index in [1.165, 1.54) is 32.4 Å². The molecule has 0 saturated carbocycles. The van der Waals surface area contributed by atoms with Gasteiger partial charge in [-0.3, -0.25) is 4.79 Å². The molecule has 1 heterocycles. The molecule has 1 aromatic rings. The lowest BCUT2D eigenvalue weighted by Crippen LogP contribution is -2.27. The van der Waals surface area contributed by atoms with E-state index in [0.717, 1.165) is 4.90 Å². The molecule has 1 amide bonds. The van der Waals surface area contributed by atoms with Gasteiger partial charge in [-0.15, -0.1) is 3.89 Å². The Morgan fingerprint density at radius 3 is 2.55 bits per heavy atom. The summed E-state index contributed by atoms with van der Waals surface area (Å²) in [6.45, 7) is -0.335. The number of amides is 1. The average Bonchev–Trinajstić information content (AvgIpc) is 2.87. The van der Waals surface area contributed by atoms with Gasteiger partial charge < -0.3 is 14.4 Å². The van der Waals surface area contributed by atoms with E-state index in [-0.39, 0.29) is 23.5 Å². The summed E-state index contributed by atoms with van der Waals surface area (Å²) in [6.07, 6.45) is -0.454. The van der Waals surface area contributed by atoms with Gasteiger partial charge in [-0.1, -0.05) is 0 Å². The second-order valence-electron chi connectivity index (χ2n) is 4.68. The van der Waals surface area contributed by atoms with Gasteiger partial charge in [-0.2, -0.15) is 8.42 Å². The molecule has 22 heavy (non-hydrogen) atoms. The summed E-state index contributed by atoms with van der Waals surface area (Å²) in [5, 5.41) is -1.42. The van der Waals surface area contributed by atoms with E-state index in [9.17, 15) is 21.9 Å². The van der Waals surface area contributed by atoms with Crippen LogP contribution in [0.25, 0.3) is 0 Å². The van der Waals surface area contributed by atoms with Gasteiger partial charge in [0.05, 0.1) is 25.5 Å². The Bertz CT molecular complexity index is 717. The highest BCUT2D eigenvalue weighted by Crippen LogP contribution is 2.34. The van der Waals surface area contributed by atoms with E-state index >= 15 is 0 Å². The van der Waals surface area contributed by atoms with E-state index in [4.69, 9.17) is 4.74 Å². The van der Waals surface area contributed by atoms with Crippen LogP contribution in [0.15, 0.2) is 18.2 Å². The van der Waals surface area contributed by atoms with Crippen LogP contribution in [0.1, 0.15) is 16.8 Å². The van der Waals surface area contributed by atoms with Gasteiger partial charge in [0.1, 0.15) is 11.0 Å². The van der Waals surface area contributed by atoms with Crippen LogP contribution < -0.4 is 9.64 Å². The van der Waals surface area contributed by atoms with Crippen LogP contribution in [0.5, 0.6) is 5.75 Å². The molecule has 0 radical (unpaired) electrons. The lowest BCUT2D eigenvalue weighted by atomic mass is 10.1. The Balaban J connectivity index is 2.43. The fourth-order valence-electron chi connectivity index (χ4n) is 2.24. The summed E-state index contributed by atoms with van der Waals surface area (Å²) in [5.41, 5.74) is 0.360. The highest BCUT2D eigenvalue weighted by molar-refractivity contribution is 7.87. The number of ether oxygens (including phenoxy) is 2. The number of rotatable bonds is 4. The van der Waals surface area contributed by atoms with Crippen LogP contribution in [0, 0.1) is 0 Å². The molecule has 0 N–H and O–H groups in total. The second-order valence-corrected chi connectivity index (χ2v) is 6.30. The van der Waals surface area contributed by atoms with Crippen LogP contribution in [-0.2, 0) is 19.8 Å². The molecule has 1 aromatic carbocycles. The zero-order chi connectivity index (χ0) is 16.5. The summed E-state index contributed by atoms with van der Waals surface area (Å²) >= 11 is 0. The van der Waals surface area contributed by atoms with Crippen molar-refractivity contribution in [2.45, 2.75) is 11.7 Å². The van der Waals surface area contributed by atoms with Crippen LogP contribution in [0.4, 0.5) is 9.57 Å². The molecule has 7 nitrogen and oxygen atoms in total. The Morgan fingerprint density at radius 2 is 2.05 bits per heavy atom. The highest BCUT2D eigenvalue weighted by Gasteiger charge is 2.40. The quantitative estimate of drug-likeness (QED) is 0.601. The van der Waals surface area contributed by atoms with Gasteiger partial charge in [0, 0.05) is 13.0 Å². The third-order valence-electron chi connectivity index (χ3n) is 3.38. The lowest BCUT2D eigenvalue weighted by molar-refractivity contribution is -0.117. The summed E-state index contributed by atoms with van der Waals surface area (Å²) < 4.78 is 44.7. The number of hydrogen-bond acceptors (Lipinski definition) is 6. The first-order valence-electron chi connectivity index (χ1n) is 6.28. The number of hydrogen-bond donors (Lipinski definition) is 0. The minimum absolute atomic E-state index is 0.164. The van der Waals surface area contributed by atoms with E-state index in [1.807, 2.05) is 0 Å². The van der Waals surface area contributed by atoms with Crippen LogP contribution in [0.3, 0.4) is 0 Å². The van der Waals surface area contributed by atoms with E-state index in [2.05, 4.69) is 4.74 Å². The maximum Gasteiger partial charge on any atom is 0.337 e. The molecule has 0 bridgehead atoms. The number of halogens is 1. The summed E-state index contributed by atoms with van der Waals surface area (Å²) in [6, 6.07) is 4.24. The molecule has 1 unspecified atom stereocenters. The molecule has 9 heteroatoms. The van der Waals surface area contributed by atoms with Crippen molar-refractivity contribution in [1.82, 2.24) is 0 Å². The SMILES string of the molecule is COC(=O)c1ccc(OC)c(N2CC(S(=O)(=O)F)CC2=O)c1. The number of carbonyl (C=O) groups excluding carboxylic acids is 2. The summed E-state index contributed by atoms with van der Waals surface area (Å²) in [5.74, 6) is -0.922. The maximum atomic E-state index is 13.1. The smallest absolute Gasteiger partial charge is 0.337 e. The normalized spacial score (nSPS) is 18.4. The first kappa shape index (κ1) is 16.2. The summed E-state index contributed by atoms with van der Waals surface area (Å²) in [7, 11) is -2.25. The van der Waals surface area contributed by atoms with Crippen molar-refractivity contribution in [2.75, 3.05) is 25.7 Å². The highest BCUT2D eigenvalue weighted by atomic mass is 32.3. The third kappa shape index (κ3) is 3.03. The van der Waals surface area contributed by atoms with Gasteiger partial charge >= 0.3 is 16.2 Å². The van der Waals surface area contributed by atoms with Crippen LogP contribution >= 0.6 is 0 Å². The molecule has 0 spiro atoms. The third-order valence-corrected chi connectivity index (χ3v) is 4.49. The number of anilines is 1. The van der Waals surface area contributed by atoms with E-state index in [0.29, 0.717) is 0 Å². The molecule has 2 rings (SSSR count). The second kappa shape index (κ2) is 5.91. The maximum absolute atomic E-state index is 13.1. The fourth-order valence-corrected chi connectivity index (χ4v) is 2.91. The molecule has 120 valence electrons. The topological polar surface area (TPSA) is 90.0 Å².